The Hall–Kier alpha value is -0.960. The standard InChI is InChI=1S/C10H14FN2O2S/c1-8-2-3-13(4-9(8)11)10(5-12)6-16(14,15)7-10/h3,8-9H,2,4,6-7H2,1H3/q+1. The molecular weight excluding hydrogens is 231 g/mol. The number of rotatable bonds is 1. The Morgan fingerprint density at radius 3 is 2.62 bits per heavy atom. The van der Waals surface area contributed by atoms with E-state index < -0.39 is 21.5 Å². The summed E-state index contributed by atoms with van der Waals surface area (Å²) in [6.45, 7) is 1.94. The van der Waals surface area contributed by atoms with Crippen molar-refractivity contribution in [1.82, 2.24) is 0 Å². The van der Waals surface area contributed by atoms with Crippen molar-refractivity contribution in [2.75, 3.05) is 18.1 Å². The van der Waals surface area contributed by atoms with Crippen LogP contribution in [0.25, 0.3) is 0 Å². The first-order valence-electron chi connectivity index (χ1n) is 5.24. The van der Waals surface area contributed by atoms with Crippen LogP contribution in [-0.2, 0) is 9.84 Å². The third-order valence-electron chi connectivity index (χ3n) is 3.36. The lowest BCUT2D eigenvalue weighted by atomic mass is 9.95. The third-order valence-corrected chi connectivity index (χ3v) is 5.20. The molecule has 4 nitrogen and oxygen atoms in total. The lowest BCUT2D eigenvalue weighted by Gasteiger charge is -2.34. The molecule has 0 saturated carbocycles. The van der Waals surface area contributed by atoms with Crippen LogP contribution >= 0.6 is 0 Å². The summed E-state index contributed by atoms with van der Waals surface area (Å²) in [5, 5.41) is 9.07. The quantitative estimate of drug-likeness (QED) is 0.617. The Bertz CT molecular complexity index is 466. The predicted molar refractivity (Wildman–Crippen MR) is 56.9 cm³/mol. The average Bonchev–Trinajstić information content (AvgIpc) is 2.18. The van der Waals surface area contributed by atoms with Crippen molar-refractivity contribution in [3.8, 4) is 6.07 Å². The van der Waals surface area contributed by atoms with Gasteiger partial charge in [-0.15, -0.1) is 0 Å². The maximum Gasteiger partial charge on any atom is 0.275 e. The van der Waals surface area contributed by atoms with E-state index in [1.807, 2.05) is 13.0 Å². The third kappa shape index (κ3) is 1.73. The van der Waals surface area contributed by atoms with Crippen LogP contribution in [0, 0.1) is 17.2 Å². The molecule has 2 heterocycles. The van der Waals surface area contributed by atoms with Crippen LogP contribution in [0.4, 0.5) is 4.39 Å². The number of halogens is 1. The molecule has 2 atom stereocenters. The number of hydrogen-bond acceptors (Lipinski definition) is 3. The minimum atomic E-state index is -3.09. The lowest BCUT2D eigenvalue weighted by Crippen LogP contribution is -2.63. The first kappa shape index (κ1) is 11.5. The smallest absolute Gasteiger partial charge is 0.240 e. The molecule has 16 heavy (non-hydrogen) atoms. The van der Waals surface area contributed by atoms with Crippen LogP contribution in [0.3, 0.4) is 0 Å². The minimum Gasteiger partial charge on any atom is -0.240 e. The van der Waals surface area contributed by atoms with Crippen molar-refractivity contribution in [3.63, 3.8) is 0 Å². The van der Waals surface area contributed by atoms with Gasteiger partial charge >= 0.3 is 0 Å². The van der Waals surface area contributed by atoms with E-state index in [0.717, 1.165) is 0 Å². The first-order valence-corrected chi connectivity index (χ1v) is 7.06. The van der Waals surface area contributed by atoms with Crippen LogP contribution < -0.4 is 0 Å². The molecule has 0 aromatic heterocycles. The molecule has 2 rings (SSSR count). The van der Waals surface area contributed by atoms with Crippen molar-refractivity contribution in [2.24, 2.45) is 5.92 Å². The number of nitriles is 1. The molecule has 0 spiro atoms. The van der Waals surface area contributed by atoms with Gasteiger partial charge in [0.1, 0.15) is 23.8 Å². The Morgan fingerprint density at radius 2 is 2.19 bits per heavy atom. The van der Waals surface area contributed by atoms with Crippen molar-refractivity contribution < 1.29 is 17.4 Å². The van der Waals surface area contributed by atoms with Gasteiger partial charge in [-0.05, 0) is 0 Å². The highest BCUT2D eigenvalue weighted by Crippen LogP contribution is 2.29. The van der Waals surface area contributed by atoms with Crippen LogP contribution in [0.15, 0.2) is 0 Å². The molecule has 1 fully saturated rings. The van der Waals surface area contributed by atoms with E-state index in [2.05, 4.69) is 0 Å². The van der Waals surface area contributed by atoms with Gasteiger partial charge in [-0.1, -0.05) is 6.92 Å². The Morgan fingerprint density at radius 1 is 1.56 bits per heavy atom. The normalized spacial score (nSPS) is 35.7. The van der Waals surface area contributed by atoms with Gasteiger partial charge in [-0.2, -0.15) is 5.26 Å². The molecule has 2 unspecified atom stereocenters. The summed E-state index contributed by atoms with van der Waals surface area (Å²) in [5.41, 5.74) is -1.01. The van der Waals surface area contributed by atoms with Gasteiger partial charge in [0.05, 0.1) is 0 Å². The molecule has 2 aliphatic heterocycles. The fraction of sp³-hybridized carbons (Fsp3) is 0.800. The van der Waals surface area contributed by atoms with Crippen molar-refractivity contribution in [3.05, 3.63) is 0 Å². The predicted octanol–water partition coefficient (Wildman–Crippen LogP) is 0.138. The molecule has 88 valence electrons. The second-order valence-corrected chi connectivity index (χ2v) is 6.80. The molecule has 0 amide bonds. The van der Waals surface area contributed by atoms with E-state index in [4.69, 9.17) is 5.26 Å². The number of sulfone groups is 1. The van der Waals surface area contributed by atoms with E-state index in [9.17, 15) is 12.8 Å². The zero-order valence-electron chi connectivity index (χ0n) is 9.06. The Kier molecular flexibility index (Phi) is 2.54. The molecule has 0 radical (unpaired) electrons. The van der Waals surface area contributed by atoms with Crippen molar-refractivity contribution in [2.45, 2.75) is 25.1 Å². The highest BCUT2D eigenvalue weighted by atomic mass is 32.2. The average molecular weight is 245 g/mol. The Labute approximate surface area is 94.3 Å². The summed E-state index contributed by atoms with van der Waals surface area (Å²) in [5.74, 6) is -0.397. The molecule has 0 aromatic rings. The second-order valence-electron chi connectivity index (χ2n) is 4.74. The zero-order valence-corrected chi connectivity index (χ0v) is 9.87. The number of alkyl halides is 1. The lowest BCUT2D eigenvalue weighted by molar-refractivity contribution is -0.593. The van der Waals surface area contributed by atoms with Gasteiger partial charge in [-0.25, -0.2) is 17.4 Å². The number of hydrogen-bond donors (Lipinski definition) is 0. The fourth-order valence-corrected chi connectivity index (χ4v) is 4.04. The molecular formula is C10H14FN2O2S+. The molecule has 0 aromatic carbocycles. The topological polar surface area (TPSA) is 60.9 Å². The maximum absolute atomic E-state index is 13.5. The Balaban J connectivity index is 2.23. The van der Waals surface area contributed by atoms with Crippen LogP contribution in [0.1, 0.15) is 13.3 Å². The SMILES string of the molecule is CC1CC=[N+](C2(C#N)CS(=O)(=O)C2)CC1F. The molecule has 0 bridgehead atoms. The summed E-state index contributed by atoms with van der Waals surface area (Å²) in [4.78, 5) is 0. The zero-order chi connectivity index (χ0) is 12.0. The molecule has 0 N–H and O–H groups in total. The molecule has 6 heteroatoms. The second kappa shape index (κ2) is 3.52. The van der Waals surface area contributed by atoms with E-state index in [0.29, 0.717) is 6.42 Å². The molecule has 2 aliphatic rings. The van der Waals surface area contributed by atoms with E-state index >= 15 is 0 Å². The van der Waals surface area contributed by atoms with E-state index in [-0.39, 0.29) is 24.0 Å². The van der Waals surface area contributed by atoms with Gasteiger partial charge in [0.2, 0.25) is 0 Å². The summed E-state index contributed by atoms with van der Waals surface area (Å²) < 4.78 is 37.4. The van der Waals surface area contributed by atoms with Crippen LogP contribution in [0.2, 0.25) is 0 Å². The minimum absolute atomic E-state index is 0.0522. The molecule has 0 aliphatic carbocycles. The van der Waals surface area contributed by atoms with Gasteiger partial charge in [0.15, 0.2) is 22.6 Å². The van der Waals surface area contributed by atoms with Crippen molar-refractivity contribution >= 4 is 16.1 Å². The van der Waals surface area contributed by atoms with Crippen molar-refractivity contribution in [1.29, 1.82) is 5.26 Å². The van der Waals surface area contributed by atoms with Gasteiger partial charge < -0.3 is 0 Å². The van der Waals surface area contributed by atoms with Crippen LogP contribution in [-0.4, -0.2) is 49.0 Å². The van der Waals surface area contributed by atoms with Gasteiger partial charge in [0.25, 0.3) is 5.54 Å². The fourth-order valence-electron chi connectivity index (χ4n) is 2.21. The first-order chi connectivity index (χ1) is 7.38. The summed E-state index contributed by atoms with van der Waals surface area (Å²) in [6.07, 6.45) is 1.35. The van der Waals surface area contributed by atoms with Gasteiger partial charge in [0, 0.05) is 12.3 Å². The van der Waals surface area contributed by atoms with E-state index in [1.165, 1.54) is 0 Å². The van der Waals surface area contributed by atoms with E-state index in [1.54, 1.807) is 10.8 Å². The summed E-state index contributed by atoms with van der Waals surface area (Å²) >= 11 is 0. The summed E-state index contributed by atoms with van der Waals surface area (Å²) in [7, 11) is -3.09. The summed E-state index contributed by atoms with van der Waals surface area (Å²) in [6, 6.07) is 2.02. The molecule has 1 saturated heterocycles. The van der Waals surface area contributed by atoms with Crippen LogP contribution in [0.5, 0.6) is 0 Å². The largest absolute Gasteiger partial charge is 0.275 e. The van der Waals surface area contributed by atoms with Gasteiger partial charge in [-0.3, -0.25) is 0 Å². The highest BCUT2D eigenvalue weighted by molar-refractivity contribution is 7.93. The maximum atomic E-state index is 13.5. The number of nitrogens with zero attached hydrogens (tertiary/aromatic N) is 2. The highest BCUT2D eigenvalue weighted by Gasteiger charge is 2.59. The monoisotopic (exact) mass is 245 g/mol.